The summed E-state index contributed by atoms with van der Waals surface area (Å²) >= 11 is 0. The number of nitrogens with zero attached hydrogens (tertiary/aromatic N) is 1. The molecule has 2 heteroatoms. The van der Waals surface area contributed by atoms with Gasteiger partial charge in [0.1, 0.15) is 0 Å². The van der Waals surface area contributed by atoms with Crippen molar-refractivity contribution in [3.8, 4) is 0 Å². The molecule has 0 spiro atoms. The van der Waals surface area contributed by atoms with Gasteiger partial charge < -0.3 is 4.98 Å². The van der Waals surface area contributed by atoms with E-state index in [0.29, 0.717) is 0 Å². The average molecular weight is 357 g/mol. The molecule has 2 nitrogen and oxygen atoms in total. The zero-order valence-corrected chi connectivity index (χ0v) is 16.2. The molecule has 1 N–H and O–H groups in total. The number of H-pyrrole nitrogens is 1. The van der Waals surface area contributed by atoms with Crippen LogP contribution in [-0.2, 0) is 12.8 Å². The van der Waals surface area contributed by atoms with Crippen molar-refractivity contribution in [2.45, 2.75) is 32.6 Å². The smallest absolute Gasteiger partial charge is 0.0458 e. The first-order chi connectivity index (χ1) is 13.3. The summed E-state index contributed by atoms with van der Waals surface area (Å²) in [7, 11) is 0. The van der Waals surface area contributed by atoms with Crippen LogP contribution in [-0.4, -0.2) is 29.5 Å². The Balaban J connectivity index is 1.27. The molecule has 138 valence electrons. The first-order valence-corrected chi connectivity index (χ1v) is 10.3. The van der Waals surface area contributed by atoms with Gasteiger partial charge in [-0.1, -0.05) is 48.5 Å². The second-order valence-electron chi connectivity index (χ2n) is 8.29. The van der Waals surface area contributed by atoms with E-state index in [1.807, 2.05) is 0 Å². The van der Waals surface area contributed by atoms with Crippen LogP contribution in [0.3, 0.4) is 0 Å². The molecule has 1 aliphatic heterocycles. The Labute approximate surface area is 161 Å². The van der Waals surface area contributed by atoms with Crippen molar-refractivity contribution >= 4 is 16.5 Å². The summed E-state index contributed by atoms with van der Waals surface area (Å²) in [5.74, 6) is 0.783. The van der Waals surface area contributed by atoms with E-state index in [9.17, 15) is 0 Å². The minimum absolute atomic E-state index is 0.783. The average Bonchev–Trinajstić information content (AvgIpc) is 3.07. The van der Waals surface area contributed by atoms with Gasteiger partial charge >= 0.3 is 0 Å². The Kier molecular flexibility index (Phi) is 4.37. The molecule has 2 heterocycles. The van der Waals surface area contributed by atoms with Gasteiger partial charge in [0.2, 0.25) is 0 Å². The van der Waals surface area contributed by atoms with E-state index in [0.717, 1.165) is 12.5 Å². The number of hydrogen-bond donors (Lipinski definition) is 1. The van der Waals surface area contributed by atoms with Crippen molar-refractivity contribution in [3.63, 3.8) is 0 Å². The molecule has 1 unspecified atom stereocenters. The fraction of sp³-hybridized carbons (Fsp3) is 0.360. The van der Waals surface area contributed by atoms with E-state index in [1.54, 1.807) is 5.56 Å². The lowest BCUT2D eigenvalue weighted by atomic mass is 9.85. The van der Waals surface area contributed by atoms with Crippen molar-refractivity contribution in [1.29, 1.82) is 0 Å². The number of hydrogen-bond acceptors (Lipinski definition) is 1. The monoisotopic (exact) mass is 356 g/mol. The number of rotatable bonds is 3. The lowest BCUT2D eigenvalue weighted by molar-refractivity contribution is 0.238. The maximum atomic E-state index is 3.65. The van der Waals surface area contributed by atoms with Gasteiger partial charge in [-0.25, -0.2) is 0 Å². The molecule has 0 radical (unpaired) electrons. The number of aryl methyl sites for hydroxylation is 2. The lowest BCUT2D eigenvalue weighted by Gasteiger charge is -2.32. The van der Waals surface area contributed by atoms with Crippen LogP contribution in [0.25, 0.3) is 16.5 Å². The zero-order valence-electron chi connectivity index (χ0n) is 16.2. The van der Waals surface area contributed by atoms with Gasteiger partial charge in [0, 0.05) is 36.2 Å². The third kappa shape index (κ3) is 3.23. The van der Waals surface area contributed by atoms with Crippen LogP contribution in [0.5, 0.6) is 0 Å². The standard InChI is InChI=1S/C25H28N2/c1-18-6-2-3-7-21(18)20-12-14-27(15-13-20)17-19-10-11-25-23(16-19)22-8-4-5-9-24(22)26-25/h2-9,12,19,26H,10-11,13-17H2,1H3. The van der Waals surface area contributed by atoms with Gasteiger partial charge in [0.05, 0.1) is 0 Å². The Morgan fingerprint density at radius 1 is 1.04 bits per heavy atom. The molecule has 0 amide bonds. The Morgan fingerprint density at radius 2 is 1.89 bits per heavy atom. The van der Waals surface area contributed by atoms with E-state index in [4.69, 9.17) is 0 Å². The molecule has 27 heavy (non-hydrogen) atoms. The van der Waals surface area contributed by atoms with Gasteiger partial charge in [-0.15, -0.1) is 0 Å². The van der Waals surface area contributed by atoms with Crippen molar-refractivity contribution in [2.75, 3.05) is 19.6 Å². The van der Waals surface area contributed by atoms with Gasteiger partial charge in [-0.05, 0) is 66.9 Å². The molecular weight excluding hydrogens is 328 g/mol. The first kappa shape index (κ1) is 16.8. The van der Waals surface area contributed by atoms with Gasteiger partial charge in [-0.3, -0.25) is 4.90 Å². The minimum atomic E-state index is 0.783. The molecule has 0 bridgehead atoms. The summed E-state index contributed by atoms with van der Waals surface area (Å²) < 4.78 is 0. The van der Waals surface area contributed by atoms with Crippen molar-refractivity contribution in [3.05, 3.63) is 77.0 Å². The Bertz CT molecular complexity index is 994. The highest BCUT2D eigenvalue weighted by Crippen LogP contribution is 2.33. The SMILES string of the molecule is Cc1ccccc1C1=CCN(CC2CCc3[nH]c4ccccc4c3C2)CC1. The van der Waals surface area contributed by atoms with E-state index < -0.39 is 0 Å². The zero-order chi connectivity index (χ0) is 18.2. The van der Waals surface area contributed by atoms with Crippen LogP contribution in [0, 0.1) is 12.8 Å². The van der Waals surface area contributed by atoms with Crippen molar-refractivity contribution in [2.24, 2.45) is 5.92 Å². The lowest BCUT2D eigenvalue weighted by Crippen LogP contribution is -2.35. The highest BCUT2D eigenvalue weighted by Gasteiger charge is 2.25. The molecule has 0 fully saturated rings. The quantitative estimate of drug-likeness (QED) is 0.668. The molecule has 2 aliphatic rings. The fourth-order valence-corrected chi connectivity index (χ4v) is 5.02. The maximum absolute atomic E-state index is 3.65. The molecule has 3 aromatic rings. The second-order valence-corrected chi connectivity index (χ2v) is 8.29. The number of nitrogens with one attached hydrogen (secondary N) is 1. The topological polar surface area (TPSA) is 19.0 Å². The number of aromatic amines is 1. The largest absolute Gasteiger partial charge is 0.358 e. The third-order valence-electron chi connectivity index (χ3n) is 6.50. The van der Waals surface area contributed by atoms with Crippen LogP contribution in [0.2, 0.25) is 0 Å². The van der Waals surface area contributed by atoms with Crippen molar-refractivity contribution < 1.29 is 0 Å². The van der Waals surface area contributed by atoms with Gasteiger partial charge in [0.15, 0.2) is 0 Å². The summed E-state index contributed by atoms with van der Waals surface area (Å²) in [6.45, 7) is 5.75. The molecule has 1 atom stereocenters. The molecule has 0 saturated heterocycles. The molecule has 2 aromatic carbocycles. The van der Waals surface area contributed by atoms with E-state index in [1.165, 1.54) is 72.1 Å². The van der Waals surface area contributed by atoms with Gasteiger partial charge in [0.25, 0.3) is 0 Å². The molecule has 1 aromatic heterocycles. The highest BCUT2D eigenvalue weighted by atomic mass is 15.1. The fourth-order valence-electron chi connectivity index (χ4n) is 5.02. The second kappa shape index (κ2) is 7.01. The van der Waals surface area contributed by atoms with Crippen LogP contribution in [0.4, 0.5) is 0 Å². The minimum Gasteiger partial charge on any atom is -0.358 e. The number of fused-ring (bicyclic) bond motifs is 3. The molecule has 5 rings (SSSR count). The van der Waals surface area contributed by atoms with Crippen LogP contribution >= 0.6 is 0 Å². The van der Waals surface area contributed by atoms with Gasteiger partial charge in [-0.2, -0.15) is 0 Å². The highest BCUT2D eigenvalue weighted by molar-refractivity contribution is 5.84. The number of benzene rings is 2. The predicted molar refractivity (Wildman–Crippen MR) is 114 cm³/mol. The Hall–Kier alpha value is -2.32. The van der Waals surface area contributed by atoms with E-state index in [-0.39, 0.29) is 0 Å². The van der Waals surface area contributed by atoms with Crippen molar-refractivity contribution in [1.82, 2.24) is 9.88 Å². The van der Waals surface area contributed by atoms with Crippen LogP contribution < -0.4 is 0 Å². The molecular formula is C25H28N2. The maximum Gasteiger partial charge on any atom is 0.0458 e. The van der Waals surface area contributed by atoms with E-state index in [2.05, 4.69) is 71.4 Å². The first-order valence-electron chi connectivity index (χ1n) is 10.3. The molecule has 0 saturated carbocycles. The van der Waals surface area contributed by atoms with E-state index >= 15 is 0 Å². The number of para-hydroxylation sites is 1. The third-order valence-corrected chi connectivity index (χ3v) is 6.50. The van der Waals surface area contributed by atoms with Crippen LogP contribution in [0.15, 0.2) is 54.6 Å². The summed E-state index contributed by atoms with van der Waals surface area (Å²) in [5, 5.41) is 1.44. The summed E-state index contributed by atoms with van der Waals surface area (Å²) in [6.07, 6.45) is 7.38. The summed E-state index contributed by atoms with van der Waals surface area (Å²) in [6, 6.07) is 17.6. The summed E-state index contributed by atoms with van der Waals surface area (Å²) in [5.41, 5.74) is 8.75. The van der Waals surface area contributed by atoms with Crippen LogP contribution in [0.1, 0.15) is 35.2 Å². The Morgan fingerprint density at radius 3 is 2.74 bits per heavy atom. The predicted octanol–water partition coefficient (Wildman–Crippen LogP) is 5.37. The molecule has 1 aliphatic carbocycles. The summed E-state index contributed by atoms with van der Waals surface area (Å²) in [4.78, 5) is 6.31. The number of aromatic nitrogens is 1. The normalized spacial score (nSPS) is 20.5.